The standard InChI is InChI=1S/C15H19NO4/c1-10(14(17)18)13-8-16(9-13)7-11-3-5-12(6-4-11)15(19)20-2/h3-6,10,13H,7-9H2,1-2H3,(H,17,18). The zero-order valence-corrected chi connectivity index (χ0v) is 11.7. The lowest BCUT2D eigenvalue weighted by Crippen LogP contribution is -2.50. The van der Waals surface area contributed by atoms with Crippen molar-refractivity contribution in [2.75, 3.05) is 20.2 Å². The minimum absolute atomic E-state index is 0.238. The van der Waals surface area contributed by atoms with Crippen LogP contribution in [0.25, 0.3) is 0 Å². The van der Waals surface area contributed by atoms with E-state index in [1.807, 2.05) is 12.1 Å². The lowest BCUT2D eigenvalue weighted by molar-refractivity contribution is -0.145. The van der Waals surface area contributed by atoms with Gasteiger partial charge in [0.05, 0.1) is 18.6 Å². The van der Waals surface area contributed by atoms with Gasteiger partial charge in [-0.3, -0.25) is 9.69 Å². The van der Waals surface area contributed by atoms with Gasteiger partial charge in [-0.05, 0) is 23.6 Å². The molecule has 1 aliphatic heterocycles. The second-order valence-electron chi connectivity index (χ2n) is 5.27. The molecule has 0 amide bonds. The third-order valence-electron chi connectivity index (χ3n) is 3.86. The van der Waals surface area contributed by atoms with Crippen LogP contribution in [0.1, 0.15) is 22.8 Å². The zero-order valence-electron chi connectivity index (χ0n) is 11.7. The average molecular weight is 277 g/mol. The second kappa shape index (κ2) is 6.05. The number of carboxylic acids is 1. The molecule has 0 aliphatic carbocycles. The molecule has 1 atom stereocenters. The van der Waals surface area contributed by atoms with Crippen LogP contribution in [-0.2, 0) is 16.1 Å². The highest BCUT2D eigenvalue weighted by atomic mass is 16.5. The van der Waals surface area contributed by atoms with Crippen molar-refractivity contribution < 1.29 is 19.4 Å². The molecule has 0 spiro atoms. The molecule has 1 unspecified atom stereocenters. The molecule has 5 nitrogen and oxygen atoms in total. The summed E-state index contributed by atoms with van der Waals surface area (Å²) in [5, 5.41) is 8.94. The van der Waals surface area contributed by atoms with Crippen molar-refractivity contribution in [1.82, 2.24) is 4.90 Å². The first-order chi connectivity index (χ1) is 9.51. The Kier molecular flexibility index (Phi) is 4.39. The van der Waals surface area contributed by atoms with E-state index in [2.05, 4.69) is 9.64 Å². The van der Waals surface area contributed by atoms with Crippen molar-refractivity contribution in [1.29, 1.82) is 0 Å². The maximum absolute atomic E-state index is 11.3. The lowest BCUT2D eigenvalue weighted by Gasteiger charge is -2.41. The Morgan fingerprint density at radius 2 is 1.95 bits per heavy atom. The van der Waals surface area contributed by atoms with E-state index >= 15 is 0 Å². The molecule has 1 fully saturated rings. The molecule has 0 saturated carbocycles. The van der Waals surface area contributed by atoms with Gasteiger partial charge in [-0.25, -0.2) is 4.79 Å². The number of benzene rings is 1. The van der Waals surface area contributed by atoms with E-state index in [1.165, 1.54) is 7.11 Å². The van der Waals surface area contributed by atoms with Gasteiger partial charge >= 0.3 is 11.9 Å². The molecule has 1 aromatic carbocycles. The first-order valence-electron chi connectivity index (χ1n) is 6.63. The molecule has 1 aliphatic rings. The topological polar surface area (TPSA) is 66.8 Å². The van der Waals surface area contributed by atoms with Crippen LogP contribution in [0, 0.1) is 11.8 Å². The molecule has 20 heavy (non-hydrogen) atoms. The van der Waals surface area contributed by atoms with Gasteiger partial charge in [0.2, 0.25) is 0 Å². The summed E-state index contributed by atoms with van der Waals surface area (Å²) in [6, 6.07) is 7.30. The summed E-state index contributed by atoms with van der Waals surface area (Å²) >= 11 is 0. The molecule has 2 rings (SSSR count). The van der Waals surface area contributed by atoms with Crippen LogP contribution in [0.15, 0.2) is 24.3 Å². The Bertz CT molecular complexity index is 491. The third kappa shape index (κ3) is 3.17. The Labute approximate surface area is 118 Å². The zero-order chi connectivity index (χ0) is 14.7. The molecule has 5 heteroatoms. The number of carbonyl (C=O) groups is 2. The highest BCUT2D eigenvalue weighted by Gasteiger charge is 2.34. The number of nitrogens with zero attached hydrogens (tertiary/aromatic N) is 1. The second-order valence-corrected chi connectivity index (χ2v) is 5.27. The van der Waals surface area contributed by atoms with Gasteiger partial charge in [0.25, 0.3) is 0 Å². The van der Waals surface area contributed by atoms with Crippen molar-refractivity contribution in [3.63, 3.8) is 0 Å². The van der Waals surface area contributed by atoms with Gasteiger partial charge in [-0.15, -0.1) is 0 Å². The Balaban J connectivity index is 1.84. The van der Waals surface area contributed by atoms with Crippen molar-refractivity contribution in [3.8, 4) is 0 Å². The lowest BCUT2D eigenvalue weighted by atomic mass is 9.87. The Hall–Kier alpha value is -1.88. The number of hydrogen-bond acceptors (Lipinski definition) is 4. The normalized spacial score (nSPS) is 17.3. The van der Waals surface area contributed by atoms with Crippen LogP contribution < -0.4 is 0 Å². The smallest absolute Gasteiger partial charge is 0.337 e. The molecule has 0 bridgehead atoms. The molecular weight excluding hydrogens is 258 g/mol. The number of aliphatic carboxylic acids is 1. The molecule has 0 aromatic heterocycles. The summed E-state index contributed by atoms with van der Waals surface area (Å²) < 4.78 is 4.65. The van der Waals surface area contributed by atoms with Crippen molar-refractivity contribution in [3.05, 3.63) is 35.4 Å². The maximum Gasteiger partial charge on any atom is 0.337 e. The van der Waals surface area contributed by atoms with Gasteiger partial charge in [0.1, 0.15) is 0 Å². The fourth-order valence-corrected chi connectivity index (χ4v) is 2.38. The summed E-state index contributed by atoms with van der Waals surface area (Å²) in [6.45, 7) is 4.16. The summed E-state index contributed by atoms with van der Waals surface area (Å²) in [6.07, 6.45) is 0. The van der Waals surface area contributed by atoms with E-state index in [0.29, 0.717) is 5.56 Å². The summed E-state index contributed by atoms with van der Waals surface area (Å²) in [5.74, 6) is -1.11. The van der Waals surface area contributed by atoms with E-state index in [4.69, 9.17) is 5.11 Å². The van der Waals surface area contributed by atoms with E-state index in [9.17, 15) is 9.59 Å². The fourth-order valence-electron chi connectivity index (χ4n) is 2.38. The largest absolute Gasteiger partial charge is 0.481 e. The predicted molar refractivity (Wildman–Crippen MR) is 73.3 cm³/mol. The number of ether oxygens (including phenoxy) is 1. The number of carboxylic acid groups (broad SMARTS) is 1. The minimum Gasteiger partial charge on any atom is -0.481 e. The fraction of sp³-hybridized carbons (Fsp3) is 0.467. The molecule has 108 valence electrons. The maximum atomic E-state index is 11.3. The van der Waals surface area contributed by atoms with Crippen LogP contribution in [0.2, 0.25) is 0 Å². The van der Waals surface area contributed by atoms with Crippen LogP contribution in [0.3, 0.4) is 0 Å². The average Bonchev–Trinajstić information content (AvgIpc) is 2.41. The van der Waals surface area contributed by atoms with Gasteiger partial charge in [-0.1, -0.05) is 19.1 Å². The van der Waals surface area contributed by atoms with E-state index in [-0.39, 0.29) is 17.8 Å². The first-order valence-corrected chi connectivity index (χ1v) is 6.63. The summed E-state index contributed by atoms with van der Waals surface area (Å²) in [7, 11) is 1.36. The number of hydrogen-bond donors (Lipinski definition) is 1. The molecule has 1 saturated heterocycles. The monoisotopic (exact) mass is 277 g/mol. The molecular formula is C15H19NO4. The summed E-state index contributed by atoms with van der Waals surface area (Å²) in [4.78, 5) is 24.4. The van der Waals surface area contributed by atoms with Gasteiger partial charge in [-0.2, -0.15) is 0 Å². The van der Waals surface area contributed by atoms with Crippen LogP contribution >= 0.6 is 0 Å². The minimum atomic E-state index is -0.725. The van der Waals surface area contributed by atoms with E-state index < -0.39 is 5.97 Å². The van der Waals surface area contributed by atoms with Crippen LogP contribution in [-0.4, -0.2) is 42.1 Å². The number of methoxy groups -OCH3 is 1. The SMILES string of the molecule is COC(=O)c1ccc(CN2CC(C(C)C(=O)O)C2)cc1. The van der Waals surface area contributed by atoms with Crippen molar-refractivity contribution >= 4 is 11.9 Å². The number of rotatable bonds is 5. The number of carbonyl (C=O) groups excluding carboxylic acids is 1. The predicted octanol–water partition coefficient (Wildman–Crippen LogP) is 1.63. The van der Waals surface area contributed by atoms with E-state index in [0.717, 1.165) is 25.2 Å². The molecule has 1 N–H and O–H groups in total. The van der Waals surface area contributed by atoms with E-state index in [1.54, 1.807) is 19.1 Å². The number of esters is 1. The van der Waals surface area contributed by atoms with Gasteiger partial charge < -0.3 is 9.84 Å². The molecule has 0 radical (unpaired) electrons. The Morgan fingerprint density at radius 3 is 2.45 bits per heavy atom. The van der Waals surface area contributed by atoms with Crippen LogP contribution in [0.5, 0.6) is 0 Å². The highest BCUT2D eigenvalue weighted by Crippen LogP contribution is 2.25. The van der Waals surface area contributed by atoms with Crippen LogP contribution in [0.4, 0.5) is 0 Å². The number of likely N-dealkylation sites (tertiary alicyclic amines) is 1. The van der Waals surface area contributed by atoms with Crippen molar-refractivity contribution in [2.24, 2.45) is 11.8 Å². The highest BCUT2D eigenvalue weighted by molar-refractivity contribution is 5.89. The molecule has 1 aromatic rings. The summed E-state index contributed by atoms with van der Waals surface area (Å²) in [5.41, 5.74) is 1.65. The first kappa shape index (κ1) is 14.5. The Morgan fingerprint density at radius 1 is 1.35 bits per heavy atom. The third-order valence-corrected chi connectivity index (χ3v) is 3.86. The molecule has 1 heterocycles. The quantitative estimate of drug-likeness (QED) is 0.828. The van der Waals surface area contributed by atoms with Gasteiger partial charge in [0, 0.05) is 19.6 Å². The van der Waals surface area contributed by atoms with Crippen molar-refractivity contribution in [2.45, 2.75) is 13.5 Å². The van der Waals surface area contributed by atoms with Gasteiger partial charge in [0.15, 0.2) is 0 Å².